The first kappa shape index (κ1) is 18.5. The molecule has 1 aliphatic rings. The Morgan fingerprint density at radius 1 is 1.12 bits per heavy atom. The van der Waals surface area contributed by atoms with Crippen LogP contribution in [0.25, 0.3) is 0 Å². The fourth-order valence-electron chi connectivity index (χ4n) is 2.68. The molecule has 1 saturated heterocycles. The van der Waals surface area contributed by atoms with E-state index in [0.29, 0.717) is 37.7 Å². The quantitative estimate of drug-likeness (QED) is 0.596. The van der Waals surface area contributed by atoms with Crippen molar-refractivity contribution in [2.24, 2.45) is 0 Å². The van der Waals surface area contributed by atoms with Gasteiger partial charge in [-0.25, -0.2) is 0 Å². The second kappa shape index (κ2) is 9.49. The number of nitrogens with one attached hydrogen (secondary N) is 1. The van der Waals surface area contributed by atoms with Crippen LogP contribution < -0.4 is 10.2 Å². The SMILES string of the molecule is O=C(NCCCCCO)C(=O)N1CCN(c2cccc(Cl)c2)CC1. The summed E-state index contributed by atoms with van der Waals surface area (Å²) < 4.78 is 0. The van der Waals surface area contributed by atoms with Gasteiger partial charge in [-0.2, -0.15) is 0 Å². The molecule has 0 atom stereocenters. The van der Waals surface area contributed by atoms with Crippen molar-refractivity contribution in [1.29, 1.82) is 0 Å². The minimum Gasteiger partial charge on any atom is -0.396 e. The number of rotatable bonds is 6. The number of hydrogen-bond acceptors (Lipinski definition) is 4. The van der Waals surface area contributed by atoms with E-state index < -0.39 is 11.8 Å². The largest absolute Gasteiger partial charge is 0.396 e. The molecule has 0 saturated carbocycles. The first-order chi connectivity index (χ1) is 11.6. The van der Waals surface area contributed by atoms with Gasteiger partial charge in [0.2, 0.25) is 0 Å². The van der Waals surface area contributed by atoms with Crippen LogP contribution in [0.1, 0.15) is 19.3 Å². The average Bonchev–Trinajstić information content (AvgIpc) is 2.61. The molecule has 0 bridgehead atoms. The fourth-order valence-corrected chi connectivity index (χ4v) is 2.86. The molecule has 7 heteroatoms. The molecule has 24 heavy (non-hydrogen) atoms. The van der Waals surface area contributed by atoms with Crippen LogP contribution in [0.4, 0.5) is 5.69 Å². The Morgan fingerprint density at radius 2 is 1.88 bits per heavy atom. The monoisotopic (exact) mass is 353 g/mol. The van der Waals surface area contributed by atoms with Crippen LogP contribution in [0, 0.1) is 0 Å². The summed E-state index contributed by atoms with van der Waals surface area (Å²) >= 11 is 6.01. The molecule has 0 radical (unpaired) electrons. The number of aliphatic hydroxyl groups is 1. The number of halogens is 1. The van der Waals surface area contributed by atoms with E-state index in [1.807, 2.05) is 24.3 Å². The molecule has 0 aliphatic carbocycles. The van der Waals surface area contributed by atoms with Gasteiger partial charge in [-0.3, -0.25) is 9.59 Å². The van der Waals surface area contributed by atoms with Crippen LogP contribution in [0.5, 0.6) is 0 Å². The molecule has 0 aromatic heterocycles. The Balaban J connectivity index is 1.75. The van der Waals surface area contributed by atoms with Crippen LogP contribution in [-0.4, -0.2) is 61.2 Å². The third-order valence-corrected chi connectivity index (χ3v) is 4.29. The Kier molecular flexibility index (Phi) is 7.34. The van der Waals surface area contributed by atoms with Crippen molar-refractivity contribution in [3.63, 3.8) is 0 Å². The van der Waals surface area contributed by atoms with Crippen molar-refractivity contribution in [3.05, 3.63) is 29.3 Å². The lowest BCUT2D eigenvalue weighted by Gasteiger charge is -2.35. The minimum absolute atomic E-state index is 0.157. The van der Waals surface area contributed by atoms with Crippen LogP contribution in [-0.2, 0) is 9.59 Å². The number of aliphatic hydroxyl groups excluding tert-OH is 1. The maximum absolute atomic E-state index is 12.1. The molecule has 1 aromatic carbocycles. The average molecular weight is 354 g/mol. The molecule has 2 rings (SSSR count). The third kappa shape index (κ3) is 5.39. The van der Waals surface area contributed by atoms with Gasteiger partial charge in [0, 0.05) is 50.0 Å². The van der Waals surface area contributed by atoms with E-state index in [9.17, 15) is 9.59 Å². The number of unbranched alkanes of at least 4 members (excludes halogenated alkanes) is 2. The van der Waals surface area contributed by atoms with E-state index in [2.05, 4.69) is 10.2 Å². The van der Waals surface area contributed by atoms with Gasteiger partial charge in [0.25, 0.3) is 0 Å². The number of nitrogens with zero attached hydrogens (tertiary/aromatic N) is 2. The number of anilines is 1. The lowest BCUT2D eigenvalue weighted by atomic mass is 10.2. The van der Waals surface area contributed by atoms with Gasteiger partial charge in [0.1, 0.15) is 0 Å². The number of benzene rings is 1. The number of piperazine rings is 1. The van der Waals surface area contributed by atoms with E-state index in [1.54, 1.807) is 4.90 Å². The maximum atomic E-state index is 12.1. The van der Waals surface area contributed by atoms with Crippen LogP contribution >= 0.6 is 11.6 Å². The first-order valence-corrected chi connectivity index (χ1v) is 8.68. The summed E-state index contributed by atoms with van der Waals surface area (Å²) in [6, 6.07) is 7.62. The molecular weight excluding hydrogens is 330 g/mol. The molecule has 0 unspecified atom stereocenters. The highest BCUT2D eigenvalue weighted by molar-refractivity contribution is 6.35. The van der Waals surface area contributed by atoms with Crippen LogP contribution in [0.2, 0.25) is 5.02 Å². The van der Waals surface area contributed by atoms with E-state index in [0.717, 1.165) is 24.9 Å². The second-order valence-electron chi connectivity index (χ2n) is 5.80. The normalized spacial score (nSPS) is 14.6. The first-order valence-electron chi connectivity index (χ1n) is 8.30. The second-order valence-corrected chi connectivity index (χ2v) is 6.24. The third-order valence-electron chi connectivity index (χ3n) is 4.05. The maximum Gasteiger partial charge on any atom is 0.312 e. The summed E-state index contributed by atoms with van der Waals surface area (Å²) in [7, 11) is 0. The van der Waals surface area contributed by atoms with E-state index in [-0.39, 0.29) is 6.61 Å². The summed E-state index contributed by atoms with van der Waals surface area (Å²) in [5.74, 6) is -1.02. The molecular formula is C17H24ClN3O3. The lowest BCUT2D eigenvalue weighted by Crippen LogP contribution is -2.52. The molecule has 1 heterocycles. The van der Waals surface area contributed by atoms with Crippen molar-refractivity contribution >= 4 is 29.1 Å². The Bertz CT molecular complexity index is 560. The Morgan fingerprint density at radius 3 is 2.54 bits per heavy atom. The van der Waals surface area contributed by atoms with Crippen LogP contribution in [0.3, 0.4) is 0 Å². The highest BCUT2D eigenvalue weighted by Gasteiger charge is 2.25. The van der Waals surface area contributed by atoms with Crippen LogP contribution in [0.15, 0.2) is 24.3 Å². The summed E-state index contributed by atoms with van der Waals surface area (Å²) in [4.78, 5) is 27.8. The minimum atomic E-state index is -0.546. The number of carbonyl (C=O) groups is 2. The Hall–Kier alpha value is -1.79. The summed E-state index contributed by atoms with van der Waals surface area (Å²) in [6.45, 7) is 3.01. The van der Waals surface area contributed by atoms with Gasteiger partial charge in [0.15, 0.2) is 0 Å². The number of carbonyl (C=O) groups excluding carboxylic acids is 2. The van der Waals surface area contributed by atoms with Gasteiger partial charge in [0.05, 0.1) is 0 Å². The topological polar surface area (TPSA) is 72.9 Å². The zero-order valence-electron chi connectivity index (χ0n) is 13.7. The van der Waals surface area contributed by atoms with Gasteiger partial charge < -0.3 is 20.2 Å². The van der Waals surface area contributed by atoms with Gasteiger partial charge >= 0.3 is 11.8 Å². The summed E-state index contributed by atoms with van der Waals surface area (Å²) in [5.41, 5.74) is 1.03. The van der Waals surface area contributed by atoms with Crippen molar-refractivity contribution < 1.29 is 14.7 Å². The van der Waals surface area contributed by atoms with Gasteiger partial charge in [-0.1, -0.05) is 17.7 Å². The molecule has 1 fully saturated rings. The Labute approximate surface area is 147 Å². The predicted octanol–water partition coefficient (Wildman–Crippen LogP) is 1.27. The van der Waals surface area contributed by atoms with E-state index in [4.69, 9.17) is 16.7 Å². The van der Waals surface area contributed by atoms with Crippen molar-refractivity contribution in [3.8, 4) is 0 Å². The molecule has 1 aromatic rings. The molecule has 1 aliphatic heterocycles. The highest BCUT2D eigenvalue weighted by atomic mass is 35.5. The molecule has 2 amide bonds. The molecule has 6 nitrogen and oxygen atoms in total. The smallest absolute Gasteiger partial charge is 0.312 e. The number of amides is 2. The van der Waals surface area contributed by atoms with Gasteiger partial charge in [-0.15, -0.1) is 0 Å². The fraction of sp³-hybridized carbons (Fsp3) is 0.529. The molecule has 132 valence electrons. The molecule has 2 N–H and O–H groups in total. The van der Waals surface area contributed by atoms with Gasteiger partial charge in [-0.05, 0) is 37.5 Å². The van der Waals surface area contributed by atoms with E-state index in [1.165, 1.54) is 0 Å². The summed E-state index contributed by atoms with van der Waals surface area (Å²) in [6.07, 6.45) is 2.32. The zero-order valence-corrected chi connectivity index (χ0v) is 14.5. The van der Waals surface area contributed by atoms with Crippen molar-refractivity contribution in [2.75, 3.05) is 44.2 Å². The predicted molar refractivity (Wildman–Crippen MR) is 94.2 cm³/mol. The van der Waals surface area contributed by atoms with Crippen molar-refractivity contribution in [2.45, 2.75) is 19.3 Å². The molecule has 0 spiro atoms. The lowest BCUT2D eigenvalue weighted by molar-refractivity contribution is -0.146. The zero-order chi connectivity index (χ0) is 17.4. The summed E-state index contributed by atoms with van der Waals surface area (Å²) in [5, 5.41) is 12.0. The van der Waals surface area contributed by atoms with Crippen molar-refractivity contribution in [1.82, 2.24) is 10.2 Å². The standard InChI is InChI=1S/C17H24ClN3O3/c18-14-5-4-6-15(13-14)20-8-10-21(11-9-20)17(24)16(23)19-7-2-1-3-12-22/h4-6,13,22H,1-3,7-12H2,(H,19,23). The highest BCUT2D eigenvalue weighted by Crippen LogP contribution is 2.20. The van der Waals surface area contributed by atoms with E-state index >= 15 is 0 Å². The number of hydrogen-bond donors (Lipinski definition) is 2.